The van der Waals surface area contributed by atoms with Crippen LogP contribution in [0.4, 0.5) is 0 Å². The Hall–Kier alpha value is -1.38. The van der Waals surface area contributed by atoms with Crippen LogP contribution in [0, 0.1) is 0 Å². The molecule has 0 saturated carbocycles. The molecule has 0 aromatic carbocycles. The number of hydrogen-bond donors (Lipinski definition) is 0. The summed E-state index contributed by atoms with van der Waals surface area (Å²) in [7, 11) is 1.91. The van der Waals surface area contributed by atoms with E-state index in [0.29, 0.717) is 0 Å². The number of rotatable bonds is 1. The van der Waals surface area contributed by atoms with Crippen LogP contribution in [0.1, 0.15) is 12.5 Å². The highest BCUT2D eigenvalue weighted by molar-refractivity contribution is 5.78. The van der Waals surface area contributed by atoms with Crippen molar-refractivity contribution >= 4 is 11.0 Å². The van der Waals surface area contributed by atoms with Crippen molar-refractivity contribution in [3.05, 3.63) is 24.0 Å². The number of nitrogens with zero attached hydrogens (tertiary/aromatic N) is 3. The zero-order valence-electron chi connectivity index (χ0n) is 7.28. The molecule has 0 aliphatic heterocycles. The normalized spacial score (nSPS) is 10.8. The second-order valence-corrected chi connectivity index (χ2v) is 2.83. The Morgan fingerprint density at radius 1 is 1.50 bits per heavy atom. The number of hydrogen-bond acceptors (Lipinski definition) is 2. The van der Waals surface area contributed by atoms with Crippen molar-refractivity contribution in [3.8, 4) is 0 Å². The predicted molar refractivity (Wildman–Crippen MR) is 47.9 cm³/mol. The summed E-state index contributed by atoms with van der Waals surface area (Å²) < 4.78 is 1.80. The second kappa shape index (κ2) is 2.59. The summed E-state index contributed by atoms with van der Waals surface area (Å²) in [5.41, 5.74) is 2.28. The van der Waals surface area contributed by atoms with Crippen molar-refractivity contribution in [2.45, 2.75) is 13.3 Å². The van der Waals surface area contributed by atoms with Gasteiger partial charge in [0, 0.05) is 18.6 Å². The Kier molecular flexibility index (Phi) is 1.57. The fraction of sp³-hybridized carbons (Fsp3) is 0.333. The van der Waals surface area contributed by atoms with Crippen LogP contribution in [0.5, 0.6) is 0 Å². The molecule has 3 heteroatoms. The molecule has 0 atom stereocenters. The van der Waals surface area contributed by atoms with E-state index in [2.05, 4.69) is 17.0 Å². The van der Waals surface area contributed by atoms with Crippen LogP contribution in [0.25, 0.3) is 11.0 Å². The average Bonchev–Trinajstić information content (AvgIpc) is 2.48. The van der Waals surface area contributed by atoms with Crippen molar-refractivity contribution in [1.82, 2.24) is 14.8 Å². The van der Waals surface area contributed by atoms with E-state index in [0.717, 1.165) is 12.1 Å². The summed E-state index contributed by atoms with van der Waals surface area (Å²) in [5, 5.41) is 5.33. The van der Waals surface area contributed by atoms with Crippen LogP contribution in [0.15, 0.2) is 18.5 Å². The zero-order valence-corrected chi connectivity index (χ0v) is 7.28. The van der Waals surface area contributed by atoms with Gasteiger partial charge >= 0.3 is 0 Å². The number of pyridine rings is 1. The molecule has 2 rings (SSSR count). The van der Waals surface area contributed by atoms with Gasteiger partial charge in [-0.15, -0.1) is 0 Å². The monoisotopic (exact) mass is 161 g/mol. The van der Waals surface area contributed by atoms with E-state index in [4.69, 9.17) is 0 Å². The van der Waals surface area contributed by atoms with Crippen molar-refractivity contribution in [2.24, 2.45) is 7.05 Å². The summed E-state index contributed by atoms with van der Waals surface area (Å²) in [4.78, 5) is 4.25. The molecule has 0 bridgehead atoms. The molecule has 2 aromatic rings. The molecule has 0 aliphatic rings. The van der Waals surface area contributed by atoms with Gasteiger partial charge in [0.1, 0.15) is 0 Å². The van der Waals surface area contributed by atoms with Gasteiger partial charge in [-0.1, -0.05) is 6.92 Å². The maximum atomic E-state index is 4.25. The molecule has 0 radical (unpaired) electrons. The summed E-state index contributed by atoms with van der Waals surface area (Å²) in [5.74, 6) is 0. The summed E-state index contributed by atoms with van der Waals surface area (Å²) in [6.07, 6.45) is 4.74. The van der Waals surface area contributed by atoms with E-state index in [-0.39, 0.29) is 0 Å². The molecule has 12 heavy (non-hydrogen) atoms. The number of aromatic nitrogens is 3. The Morgan fingerprint density at radius 2 is 2.33 bits per heavy atom. The molecule has 0 amide bonds. The van der Waals surface area contributed by atoms with Gasteiger partial charge in [-0.2, -0.15) is 5.10 Å². The van der Waals surface area contributed by atoms with E-state index in [1.165, 1.54) is 10.9 Å². The van der Waals surface area contributed by atoms with Gasteiger partial charge < -0.3 is 0 Å². The molecule has 0 aliphatic carbocycles. The van der Waals surface area contributed by atoms with Crippen LogP contribution < -0.4 is 0 Å². The maximum absolute atomic E-state index is 4.25. The third-order valence-corrected chi connectivity index (χ3v) is 2.11. The van der Waals surface area contributed by atoms with Gasteiger partial charge in [-0.05, 0) is 18.1 Å². The predicted octanol–water partition coefficient (Wildman–Crippen LogP) is 1.53. The molecule has 0 N–H and O–H groups in total. The minimum Gasteiger partial charge on any atom is -0.250 e. The quantitative estimate of drug-likeness (QED) is 0.635. The second-order valence-electron chi connectivity index (χ2n) is 2.83. The van der Waals surface area contributed by atoms with Gasteiger partial charge in [0.05, 0.1) is 6.20 Å². The first kappa shape index (κ1) is 7.28. The first-order valence-electron chi connectivity index (χ1n) is 4.08. The fourth-order valence-corrected chi connectivity index (χ4v) is 1.41. The van der Waals surface area contributed by atoms with Gasteiger partial charge in [0.15, 0.2) is 5.65 Å². The standard InChI is InChI=1S/C9H11N3/c1-3-7-4-5-10-9-8(7)6-11-12(9)2/h4-6H,3H2,1-2H3. The van der Waals surface area contributed by atoms with E-state index >= 15 is 0 Å². The number of aryl methyl sites for hydroxylation is 2. The third-order valence-electron chi connectivity index (χ3n) is 2.11. The van der Waals surface area contributed by atoms with E-state index in [1.807, 2.05) is 25.5 Å². The Labute approximate surface area is 71.0 Å². The fourth-order valence-electron chi connectivity index (χ4n) is 1.41. The molecule has 2 aromatic heterocycles. The summed E-state index contributed by atoms with van der Waals surface area (Å²) in [6, 6.07) is 2.05. The molecule has 2 heterocycles. The highest BCUT2D eigenvalue weighted by Crippen LogP contribution is 2.15. The van der Waals surface area contributed by atoms with Crippen LogP contribution in [0.2, 0.25) is 0 Å². The van der Waals surface area contributed by atoms with E-state index in [1.54, 1.807) is 4.68 Å². The van der Waals surface area contributed by atoms with Crippen LogP contribution in [-0.4, -0.2) is 14.8 Å². The molecule has 3 nitrogen and oxygen atoms in total. The topological polar surface area (TPSA) is 30.7 Å². The Morgan fingerprint density at radius 3 is 3.08 bits per heavy atom. The molecule has 0 saturated heterocycles. The minimum absolute atomic E-state index is 0.967. The van der Waals surface area contributed by atoms with Gasteiger partial charge in [0.2, 0.25) is 0 Å². The maximum Gasteiger partial charge on any atom is 0.157 e. The lowest BCUT2D eigenvalue weighted by atomic mass is 10.1. The van der Waals surface area contributed by atoms with E-state index < -0.39 is 0 Å². The zero-order chi connectivity index (χ0) is 8.55. The van der Waals surface area contributed by atoms with Crippen molar-refractivity contribution < 1.29 is 0 Å². The summed E-state index contributed by atoms with van der Waals surface area (Å²) in [6.45, 7) is 2.14. The Bertz CT molecular complexity index is 403. The summed E-state index contributed by atoms with van der Waals surface area (Å²) >= 11 is 0. The van der Waals surface area contributed by atoms with Crippen LogP contribution in [-0.2, 0) is 13.5 Å². The lowest BCUT2D eigenvalue weighted by Gasteiger charge is -1.97. The lowest BCUT2D eigenvalue weighted by molar-refractivity contribution is 0.786. The van der Waals surface area contributed by atoms with Crippen molar-refractivity contribution in [1.29, 1.82) is 0 Å². The van der Waals surface area contributed by atoms with Gasteiger partial charge in [-0.3, -0.25) is 4.68 Å². The SMILES string of the molecule is CCc1ccnc2c1cnn2C. The van der Waals surface area contributed by atoms with Crippen molar-refractivity contribution in [3.63, 3.8) is 0 Å². The largest absolute Gasteiger partial charge is 0.250 e. The van der Waals surface area contributed by atoms with Crippen LogP contribution >= 0.6 is 0 Å². The first-order chi connectivity index (χ1) is 5.83. The molecule has 0 unspecified atom stereocenters. The van der Waals surface area contributed by atoms with E-state index in [9.17, 15) is 0 Å². The minimum atomic E-state index is 0.967. The van der Waals surface area contributed by atoms with Gasteiger partial charge in [0.25, 0.3) is 0 Å². The number of fused-ring (bicyclic) bond motifs is 1. The molecular weight excluding hydrogens is 150 g/mol. The van der Waals surface area contributed by atoms with Crippen LogP contribution in [0.3, 0.4) is 0 Å². The molecule has 62 valence electrons. The molecular formula is C9H11N3. The smallest absolute Gasteiger partial charge is 0.157 e. The Balaban J connectivity index is 2.81. The average molecular weight is 161 g/mol. The van der Waals surface area contributed by atoms with Gasteiger partial charge in [-0.25, -0.2) is 4.98 Å². The highest BCUT2D eigenvalue weighted by atomic mass is 15.3. The lowest BCUT2D eigenvalue weighted by Crippen LogP contribution is -1.91. The molecule has 0 spiro atoms. The molecule has 0 fully saturated rings. The first-order valence-corrected chi connectivity index (χ1v) is 4.08. The third kappa shape index (κ3) is 0.897. The highest BCUT2D eigenvalue weighted by Gasteiger charge is 2.03. The van der Waals surface area contributed by atoms with Crippen molar-refractivity contribution in [2.75, 3.05) is 0 Å².